The van der Waals surface area contributed by atoms with Crippen LogP contribution in [0, 0.1) is 5.92 Å². The number of hydrogen-bond donors (Lipinski definition) is 2. The van der Waals surface area contributed by atoms with E-state index in [1.54, 1.807) is 18.2 Å². The molecule has 0 saturated carbocycles. The Labute approximate surface area is 109 Å². The molecule has 0 aliphatic carbocycles. The van der Waals surface area contributed by atoms with E-state index in [0.717, 1.165) is 12.1 Å². The van der Waals surface area contributed by atoms with Gasteiger partial charge in [0, 0.05) is 6.04 Å². The normalized spacial score (nSPS) is 12.3. The highest BCUT2D eigenvalue weighted by Gasteiger charge is 2.14. The van der Waals surface area contributed by atoms with Gasteiger partial charge in [0.15, 0.2) is 0 Å². The van der Waals surface area contributed by atoms with E-state index in [-0.39, 0.29) is 5.97 Å². The minimum Gasteiger partial charge on any atom is -0.465 e. The van der Waals surface area contributed by atoms with Crippen molar-refractivity contribution < 1.29 is 9.53 Å². The summed E-state index contributed by atoms with van der Waals surface area (Å²) in [4.78, 5) is 11.5. The average molecular weight is 250 g/mol. The van der Waals surface area contributed by atoms with Crippen molar-refractivity contribution in [2.24, 2.45) is 5.92 Å². The molecular formula is C14H22N2O2. The molecule has 4 nitrogen and oxygen atoms in total. The molecule has 0 fully saturated rings. The van der Waals surface area contributed by atoms with E-state index in [1.807, 2.05) is 0 Å². The Morgan fingerprint density at radius 1 is 1.44 bits per heavy atom. The molecule has 0 aliphatic rings. The SMILES string of the molecule is CCC(Nc1cc(C(=O)OC)ccc1N)C(C)C. The van der Waals surface area contributed by atoms with Crippen LogP contribution in [0.2, 0.25) is 0 Å². The van der Waals surface area contributed by atoms with Gasteiger partial charge in [0.2, 0.25) is 0 Å². The van der Waals surface area contributed by atoms with Gasteiger partial charge in [-0.3, -0.25) is 0 Å². The zero-order valence-corrected chi connectivity index (χ0v) is 11.5. The topological polar surface area (TPSA) is 64.3 Å². The summed E-state index contributed by atoms with van der Waals surface area (Å²) in [5.74, 6) is 0.145. The van der Waals surface area contributed by atoms with E-state index in [9.17, 15) is 4.79 Å². The molecule has 18 heavy (non-hydrogen) atoms. The molecule has 0 spiro atoms. The van der Waals surface area contributed by atoms with Crippen LogP contribution in [0.1, 0.15) is 37.6 Å². The lowest BCUT2D eigenvalue weighted by Crippen LogP contribution is -2.25. The lowest BCUT2D eigenvalue weighted by Gasteiger charge is -2.23. The number of esters is 1. The zero-order chi connectivity index (χ0) is 13.7. The highest BCUT2D eigenvalue weighted by molar-refractivity contribution is 5.91. The van der Waals surface area contributed by atoms with E-state index in [4.69, 9.17) is 10.5 Å². The molecule has 100 valence electrons. The minimum atomic E-state index is -0.351. The van der Waals surface area contributed by atoms with Gasteiger partial charge in [0.25, 0.3) is 0 Å². The molecule has 1 aromatic carbocycles. The zero-order valence-electron chi connectivity index (χ0n) is 11.5. The van der Waals surface area contributed by atoms with Crippen molar-refractivity contribution in [2.75, 3.05) is 18.2 Å². The molecule has 0 radical (unpaired) electrons. The number of benzene rings is 1. The lowest BCUT2D eigenvalue weighted by molar-refractivity contribution is 0.0601. The molecule has 0 bridgehead atoms. The maximum atomic E-state index is 11.5. The Kier molecular flexibility index (Phi) is 5.01. The third-order valence-corrected chi connectivity index (χ3v) is 3.06. The molecule has 0 heterocycles. The standard InChI is InChI=1S/C14H22N2O2/c1-5-12(9(2)3)16-13-8-10(14(17)18-4)6-7-11(13)15/h6-9,12,16H,5,15H2,1-4H3. The van der Waals surface area contributed by atoms with Crippen LogP contribution in [0.25, 0.3) is 0 Å². The maximum Gasteiger partial charge on any atom is 0.337 e. The number of carbonyl (C=O) groups excluding carboxylic acids is 1. The lowest BCUT2D eigenvalue weighted by atomic mass is 10.0. The third-order valence-electron chi connectivity index (χ3n) is 3.06. The molecule has 1 unspecified atom stereocenters. The van der Waals surface area contributed by atoms with Gasteiger partial charge in [0.05, 0.1) is 24.0 Å². The molecule has 0 amide bonds. The molecule has 0 aliphatic heterocycles. The second-order valence-corrected chi connectivity index (χ2v) is 4.70. The van der Waals surface area contributed by atoms with Gasteiger partial charge in [-0.15, -0.1) is 0 Å². The Morgan fingerprint density at radius 3 is 2.61 bits per heavy atom. The van der Waals surface area contributed by atoms with Crippen molar-refractivity contribution in [1.82, 2.24) is 0 Å². The van der Waals surface area contributed by atoms with E-state index >= 15 is 0 Å². The van der Waals surface area contributed by atoms with Crippen LogP contribution in [0.4, 0.5) is 11.4 Å². The van der Waals surface area contributed by atoms with E-state index in [2.05, 4.69) is 26.1 Å². The van der Waals surface area contributed by atoms with Gasteiger partial charge in [0.1, 0.15) is 0 Å². The van der Waals surface area contributed by atoms with Gasteiger partial charge < -0.3 is 15.8 Å². The first-order valence-corrected chi connectivity index (χ1v) is 6.24. The van der Waals surface area contributed by atoms with Gasteiger partial charge in [-0.1, -0.05) is 20.8 Å². The predicted molar refractivity (Wildman–Crippen MR) is 74.7 cm³/mol. The number of rotatable bonds is 5. The number of nitrogens with two attached hydrogens (primary N) is 1. The second kappa shape index (κ2) is 6.28. The van der Waals surface area contributed by atoms with Gasteiger partial charge in [-0.05, 0) is 30.5 Å². The van der Waals surface area contributed by atoms with Gasteiger partial charge >= 0.3 is 5.97 Å². The summed E-state index contributed by atoms with van der Waals surface area (Å²) >= 11 is 0. The first-order chi connectivity index (χ1) is 8.49. The number of carbonyl (C=O) groups is 1. The van der Waals surface area contributed by atoms with Crippen LogP contribution < -0.4 is 11.1 Å². The maximum absolute atomic E-state index is 11.5. The Hall–Kier alpha value is -1.71. The smallest absolute Gasteiger partial charge is 0.337 e. The quantitative estimate of drug-likeness (QED) is 0.623. The van der Waals surface area contributed by atoms with Crippen molar-refractivity contribution in [3.05, 3.63) is 23.8 Å². The summed E-state index contributed by atoms with van der Waals surface area (Å²) in [6, 6.07) is 5.47. The number of hydrogen-bond acceptors (Lipinski definition) is 4. The number of anilines is 2. The highest BCUT2D eigenvalue weighted by Crippen LogP contribution is 2.23. The van der Waals surface area contributed by atoms with Crippen LogP contribution in [-0.2, 0) is 4.74 Å². The first-order valence-electron chi connectivity index (χ1n) is 6.24. The first kappa shape index (κ1) is 14.4. The summed E-state index contributed by atoms with van der Waals surface area (Å²) in [5, 5.41) is 3.38. The fraction of sp³-hybridized carbons (Fsp3) is 0.500. The average Bonchev–Trinajstić information content (AvgIpc) is 2.36. The Balaban J connectivity index is 2.97. The van der Waals surface area contributed by atoms with Crippen LogP contribution in [0.3, 0.4) is 0 Å². The van der Waals surface area contributed by atoms with Crippen LogP contribution in [-0.4, -0.2) is 19.1 Å². The third kappa shape index (κ3) is 3.39. The number of ether oxygens (including phenoxy) is 1. The highest BCUT2D eigenvalue weighted by atomic mass is 16.5. The number of nitrogen functional groups attached to an aromatic ring is 1. The van der Waals surface area contributed by atoms with E-state index in [1.165, 1.54) is 7.11 Å². The number of methoxy groups -OCH3 is 1. The van der Waals surface area contributed by atoms with Crippen LogP contribution in [0.5, 0.6) is 0 Å². The molecule has 0 saturated heterocycles. The van der Waals surface area contributed by atoms with Crippen LogP contribution in [0.15, 0.2) is 18.2 Å². The minimum absolute atomic E-state index is 0.334. The van der Waals surface area contributed by atoms with Gasteiger partial charge in [-0.2, -0.15) is 0 Å². The fourth-order valence-corrected chi connectivity index (χ4v) is 1.87. The molecule has 1 rings (SSSR count). The monoisotopic (exact) mass is 250 g/mol. The van der Waals surface area contributed by atoms with Crippen molar-refractivity contribution in [3.8, 4) is 0 Å². The largest absolute Gasteiger partial charge is 0.465 e. The summed E-state index contributed by atoms with van der Waals surface area (Å²) in [5.41, 5.74) is 7.86. The summed E-state index contributed by atoms with van der Waals surface area (Å²) in [6.07, 6.45) is 1.000. The van der Waals surface area contributed by atoms with Crippen molar-refractivity contribution in [3.63, 3.8) is 0 Å². The summed E-state index contributed by atoms with van der Waals surface area (Å²) in [6.45, 7) is 6.43. The fourth-order valence-electron chi connectivity index (χ4n) is 1.87. The molecular weight excluding hydrogens is 228 g/mol. The molecule has 3 N–H and O–H groups in total. The summed E-state index contributed by atoms with van der Waals surface area (Å²) < 4.78 is 4.70. The Morgan fingerprint density at radius 2 is 2.11 bits per heavy atom. The predicted octanol–water partition coefficient (Wildman–Crippen LogP) is 2.90. The molecule has 1 atom stereocenters. The van der Waals surface area contributed by atoms with Crippen molar-refractivity contribution in [1.29, 1.82) is 0 Å². The second-order valence-electron chi connectivity index (χ2n) is 4.70. The van der Waals surface area contributed by atoms with E-state index in [0.29, 0.717) is 23.2 Å². The van der Waals surface area contributed by atoms with Crippen molar-refractivity contribution >= 4 is 17.3 Å². The van der Waals surface area contributed by atoms with Crippen molar-refractivity contribution in [2.45, 2.75) is 33.2 Å². The Bertz CT molecular complexity index is 416. The summed E-state index contributed by atoms with van der Waals surface area (Å²) in [7, 11) is 1.37. The molecule has 4 heteroatoms. The van der Waals surface area contributed by atoms with Gasteiger partial charge in [-0.25, -0.2) is 4.79 Å². The van der Waals surface area contributed by atoms with E-state index < -0.39 is 0 Å². The number of nitrogens with one attached hydrogen (secondary N) is 1. The molecule has 1 aromatic rings. The molecule has 0 aromatic heterocycles. The van der Waals surface area contributed by atoms with Crippen LogP contribution >= 0.6 is 0 Å².